The standard InChI is InChI=1S/C17H14INO2/c18-8-1-3-9(4-2-8)19-16(20)14-10-5-6-11(13-7-12(10)13)15(14)17(19)21/h1-6,10-15H,7H2/t10-,11+,12-,13+,14-,15+. The van der Waals surface area contributed by atoms with Crippen molar-refractivity contribution < 1.29 is 9.59 Å². The Labute approximate surface area is 136 Å². The van der Waals surface area contributed by atoms with Gasteiger partial charge < -0.3 is 0 Å². The Morgan fingerprint density at radius 1 is 0.905 bits per heavy atom. The zero-order chi connectivity index (χ0) is 14.3. The lowest BCUT2D eigenvalue weighted by molar-refractivity contribution is -0.124. The SMILES string of the molecule is O=C1[C@@H]2[C@@H]3C=C[C@@H]([C@@H]4C[C@H]34)[C@@H]2C(=O)N1c1ccc(I)cc1. The van der Waals surface area contributed by atoms with Crippen LogP contribution in [0.3, 0.4) is 0 Å². The van der Waals surface area contributed by atoms with Crippen molar-refractivity contribution in [1.29, 1.82) is 0 Å². The maximum atomic E-state index is 12.9. The summed E-state index contributed by atoms with van der Waals surface area (Å²) in [5.74, 6) is 1.77. The first-order valence-corrected chi connectivity index (χ1v) is 8.56. The molecule has 0 spiro atoms. The Balaban J connectivity index is 1.58. The number of imide groups is 1. The molecule has 2 amide bonds. The molecule has 1 saturated heterocycles. The van der Waals surface area contributed by atoms with Crippen LogP contribution < -0.4 is 4.90 Å². The van der Waals surface area contributed by atoms with Crippen LogP contribution in [0.15, 0.2) is 36.4 Å². The molecule has 0 aromatic heterocycles. The fraction of sp³-hybridized carbons (Fsp3) is 0.412. The fourth-order valence-corrected chi connectivity index (χ4v) is 5.16. The highest BCUT2D eigenvalue weighted by molar-refractivity contribution is 14.1. The molecule has 0 radical (unpaired) electrons. The normalized spacial score (nSPS) is 42.2. The Morgan fingerprint density at radius 2 is 1.43 bits per heavy atom. The van der Waals surface area contributed by atoms with Crippen LogP contribution in [-0.4, -0.2) is 11.8 Å². The molecule has 3 nitrogen and oxygen atoms in total. The molecular weight excluding hydrogens is 377 g/mol. The van der Waals surface area contributed by atoms with E-state index in [1.807, 2.05) is 24.3 Å². The van der Waals surface area contributed by atoms with Crippen LogP contribution in [0.1, 0.15) is 6.42 Å². The third-order valence-electron chi connectivity index (χ3n) is 5.75. The van der Waals surface area contributed by atoms with Crippen molar-refractivity contribution in [2.45, 2.75) is 6.42 Å². The number of nitrogens with zero attached hydrogens (tertiary/aromatic N) is 1. The molecule has 0 unspecified atom stereocenters. The van der Waals surface area contributed by atoms with Gasteiger partial charge in [-0.05, 0) is 76.9 Å². The van der Waals surface area contributed by atoms with Crippen LogP contribution in [0.4, 0.5) is 5.69 Å². The number of halogens is 1. The molecule has 4 aliphatic carbocycles. The Hall–Kier alpha value is -1.17. The second-order valence-electron chi connectivity index (χ2n) is 6.64. The number of hydrogen-bond acceptors (Lipinski definition) is 2. The van der Waals surface area contributed by atoms with E-state index >= 15 is 0 Å². The van der Waals surface area contributed by atoms with Crippen LogP contribution in [-0.2, 0) is 9.59 Å². The summed E-state index contributed by atoms with van der Waals surface area (Å²) in [6.07, 6.45) is 5.63. The molecule has 4 heteroatoms. The number of carbonyl (C=O) groups is 2. The minimum atomic E-state index is -0.101. The summed E-state index contributed by atoms with van der Waals surface area (Å²) in [5, 5.41) is 0. The van der Waals surface area contributed by atoms with Gasteiger partial charge in [-0.1, -0.05) is 12.2 Å². The highest BCUT2D eigenvalue weighted by Gasteiger charge is 2.67. The largest absolute Gasteiger partial charge is 0.274 e. The van der Waals surface area contributed by atoms with E-state index in [9.17, 15) is 9.59 Å². The van der Waals surface area contributed by atoms with Crippen molar-refractivity contribution in [1.82, 2.24) is 0 Å². The van der Waals surface area contributed by atoms with Crippen molar-refractivity contribution in [2.24, 2.45) is 35.5 Å². The van der Waals surface area contributed by atoms with Gasteiger partial charge in [0.1, 0.15) is 0 Å². The molecule has 3 fully saturated rings. The predicted octanol–water partition coefficient (Wildman–Crippen LogP) is 2.85. The maximum Gasteiger partial charge on any atom is 0.238 e. The number of hydrogen-bond donors (Lipinski definition) is 0. The summed E-state index contributed by atoms with van der Waals surface area (Å²) in [5.41, 5.74) is 0.730. The van der Waals surface area contributed by atoms with Gasteiger partial charge in [0.05, 0.1) is 17.5 Å². The van der Waals surface area contributed by atoms with Crippen LogP contribution >= 0.6 is 22.6 Å². The molecule has 6 atom stereocenters. The molecule has 21 heavy (non-hydrogen) atoms. The van der Waals surface area contributed by atoms with Gasteiger partial charge >= 0.3 is 0 Å². The van der Waals surface area contributed by atoms with Crippen molar-refractivity contribution in [2.75, 3.05) is 4.90 Å². The molecule has 1 aromatic rings. The average Bonchev–Trinajstić information content (AvgIpc) is 3.26. The Bertz CT molecular complexity index is 659. The molecule has 0 N–H and O–H groups in total. The van der Waals surface area contributed by atoms with E-state index in [1.54, 1.807) is 0 Å². The molecule has 2 bridgehead atoms. The van der Waals surface area contributed by atoms with Crippen LogP contribution in [0, 0.1) is 39.1 Å². The lowest BCUT2D eigenvalue weighted by Gasteiger charge is -2.37. The van der Waals surface area contributed by atoms with E-state index in [0.717, 1.165) is 9.26 Å². The summed E-state index contributed by atoms with van der Waals surface area (Å²) in [6, 6.07) is 7.65. The van der Waals surface area contributed by atoms with E-state index in [-0.39, 0.29) is 23.7 Å². The molecule has 1 heterocycles. The fourth-order valence-electron chi connectivity index (χ4n) is 4.80. The van der Waals surface area contributed by atoms with Crippen molar-refractivity contribution in [3.05, 3.63) is 40.0 Å². The minimum absolute atomic E-state index is 0.0240. The molecule has 106 valence electrons. The van der Waals surface area contributed by atoms with Gasteiger partial charge in [-0.3, -0.25) is 14.5 Å². The van der Waals surface area contributed by atoms with E-state index in [4.69, 9.17) is 0 Å². The van der Waals surface area contributed by atoms with Gasteiger partial charge in [-0.15, -0.1) is 0 Å². The first-order valence-electron chi connectivity index (χ1n) is 7.48. The summed E-state index contributed by atoms with van der Waals surface area (Å²) in [7, 11) is 0. The number of benzene rings is 1. The van der Waals surface area contributed by atoms with Gasteiger partial charge in [-0.2, -0.15) is 0 Å². The van der Waals surface area contributed by atoms with Gasteiger partial charge in [0.2, 0.25) is 11.8 Å². The van der Waals surface area contributed by atoms with E-state index in [0.29, 0.717) is 23.7 Å². The number of allylic oxidation sites excluding steroid dienone is 2. The van der Waals surface area contributed by atoms with Crippen LogP contribution in [0.25, 0.3) is 0 Å². The first kappa shape index (κ1) is 12.4. The smallest absolute Gasteiger partial charge is 0.238 e. The zero-order valence-corrected chi connectivity index (χ0v) is 13.4. The second-order valence-corrected chi connectivity index (χ2v) is 7.89. The third kappa shape index (κ3) is 1.49. The average molecular weight is 391 g/mol. The molecular formula is C17H14INO2. The lowest BCUT2D eigenvalue weighted by atomic mass is 9.63. The first-order chi connectivity index (χ1) is 10.2. The summed E-state index contributed by atoms with van der Waals surface area (Å²) in [4.78, 5) is 27.2. The van der Waals surface area contributed by atoms with E-state index < -0.39 is 0 Å². The number of carbonyl (C=O) groups excluding carboxylic acids is 2. The van der Waals surface area contributed by atoms with Crippen molar-refractivity contribution >= 4 is 40.1 Å². The number of anilines is 1. The summed E-state index contributed by atoms with van der Waals surface area (Å²) >= 11 is 2.23. The Morgan fingerprint density at radius 3 is 1.95 bits per heavy atom. The van der Waals surface area contributed by atoms with Gasteiger partial charge in [0.25, 0.3) is 0 Å². The quantitative estimate of drug-likeness (QED) is 0.420. The molecule has 2 saturated carbocycles. The summed E-state index contributed by atoms with van der Waals surface area (Å²) < 4.78 is 1.11. The molecule has 1 aromatic carbocycles. The molecule has 5 aliphatic rings. The maximum absolute atomic E-state index is 12.9. The molecule has 1 aliphatic heterocycles. The Kier molecular flexibility index (Phi) is 2.34. The molecule has 6 rings (SSSR count). The van der Waals surface area contributed by atoms with Crippen molar-refractivity contribution in [3.63, 3.8) is 0 Å². The van der Waals surface area contributed by atoms with Gasteiger partial charge in [-0.25, -0.2) is 0 Å². The van der Waals surface area contributed by atoms with Gasteiger partial charge in [0, 0.05) is 3.57 Å². The minimum Gasteiger partial charge on any atom is -0.274 e. The zero-order valence-electron chi connectivity index (χ0n) is 11.3. The summed E-state index contributed by atoms with van der Waals surface area (Å²) in [6.45, 7) is 0. The second kappa shape index (κ2) is 3.97. The highest BCUT2D eigenvalue weighted by atomic mass is 127. The third-order valence-corrected chi connectivity index (χ3v) is 6.47. The van der Waals surface area contributed by atoms with Crippen LogP contribution in [0.2, 0.25) is 0 Å². The number of rotatable bonds is 1. The predicted molar refractivity (Wildman–Crippen MR) is 86.3 cm³/mol. The number of amides is 2. The van der Waals surface area contributed by atoms with Crippen LogP contribution in [0.5, 0.6) is 0 Å². The monoisotopic (exact) mass is 391 g/mol. The topological polar surface area (TPSA) is 37.4 Å². The lowest BCUT2D eigenvalue weighted by Crippen LogP contribution is -2.40. The van der Waals surface area contributed by atoms with E-state index in [1.165, 1.54) is 11.3 Å². The van der Waals surface area contributed by atoms with E-state index in [2.05, 4.69) is 34.7 Å². The highest BCUT2D eigenvalue weighted by Crippen LogP contribution is 2.65. The van der Waals surface area contributed by atoms with Gasteiger partial charge in [0.15, 0.2) is 0 Å². The van der Waals surface area contributed by atoms with Crippen molar-refractivity contribution in [3.8, 4) is 0 Å².